The molecule has 1 aromatic heterocycles. The molecule has 0 radical (unpaired) electrons. The topological polar surface area (TPSA) is 50.7 Å². The van der Waals surface area contributed by atoms with Gasteiger partial charge in [-0.25, -0.2) is 0 Å². The van der Waals surface area contributed by atoms with Crippen molar-refractivity contribution in [2.24, 2.45) is 15.9 Å². The number of amidine groups is 1. The fraction of sp³-hybridized carbons (Fsp3) is 0.111. The van der Waals surface area contributed by atoms with Crippen LogP contribution in [0.5, 0.6) is 0 Å². The predicted octanol–water partition coefficient (Wildman–Crippen LogP) is 2.32. The van der Waals surface area contributed by atoms with Gasteiger partial charge in [0.2, 0.25) is 0 Å². The first-order valence-electron chi connectivity index (χ1n) is 3.95. The summed E-state index contributed by atoms with van der Waals surface area (Å²) in [6.45, 7) is 3.59. The van der Waals surface area contributed by atoms with E-state index in [4.69, 9.17) is 5.73 Å². The Balaban J connectivity index is 2.41. The van der Waals surface area contributed by atoms with E-state index in [-0.39, 0.29) is 0 Å². The number of hydrogen-bond donors (Lipinski definition) is 1. The number of hydrogen-bond acceptors (Lipinski definition) is 4. The van der Waals surface area contributed by atoms with Crippen molar-refractivity contribution in [2.45, 2.75) is 0 Å². The van der Waals surface area contributed by atoms with Crippen molar-refractivity contribution in [1.29, 1.82) is 0 Å². The van der Waals surface area contributed by atoms with Crippen molar-refractivity contribution in [3.8, 4) is 0 Å². The van der Waals surface area contributed by atoms with Gasteiger partial charge in [0.25, 0.3) is 0 Å². The van der Waals surface area contributed by atoms with E-state index >= 15 is 0 Å². The van der Waals surface area contributed by atoms with E-state index in [0.29, 0.717) is 5.17 Å². The maximum Gasteiger partial charge on any atom is 0.180 e. The second-order valence-electron chi connectivity index (χ2n) is 2.34. The molecule has 0 aliphatic rings. The Morgan fingerprint density at radius 1 is 1.71 bits per heavy atom. The molecule has 0 fully saturated rings. The zero-order valence-electron chi connectivity index (χ0n) is 7.59. The van der Waals surface area contributed by atoms with Crippen molar-refractivity contribution in [2.75, 3.05) is 5.75 Å². The lowest BCUT2D eigenvalue weighted by Crippen LogP contribution is -2.05. The van der Waals surface area contributed by atoms with Crippen LogP contribution in [0.1, 0.15) is 5.56 Å². The van der Waals surface area contributed by atoms with Crippen LogP contribution in [-0.4, -0.2) is 17.1 Å². The molecule has 2 N–H and O–H groups in total. The fourth-order valence-corrected chi connectivity index (χ4v) is 1.68. The minimum Gasteiger partial charge on any atom is -0.377 e. The fourth-order valence-electron chi connectivity index (χ4n) is 0.674. The maximum absolute atomic E-state index is 5.55. The zero-order valence-corrected chi connectivity index (χ0v) is 9.22. The highest BCUT2D eigenvalue weighted by atomic mass is 32.2. The molecular formula is C9H11N3S2. The summed E-state index contributed by atoms with van der Waals surface area (Å²) < 4.78 is 0. The molecule has 1 aromatic rings. The summed E-state index contributed by atoms with van der Waals surface area (Å²) in [7, 11) is 0. The van der Waals surface area contributed by atoms with Gasteiger partial charge in [-0.15, -0.1) is 11.7 Å². The van der Waals surface area contributed by atoms with Gasteiger partial charge in [-0.2, -0.15) is 16.4 Å². The Morgan fingerprint density at radius 2 is 2.57 bits per heavy atom. The summed E-state index contributed by atoms with van der Waals surface area (Å²) in [5.41, 5.74) is 6.60. The SMILES string of the molecule is C=CCS/C(N)=N/N=C\c1ccsc1. The second-order valence-corrected chi connectivity index (χ2v) is 4.16. The maximum atomic E-state index is 5.55. The summed E-state index contributed by atoms with van der Waals surface area (Å²) in [5.74, 6) is 0.753. The highest BCUT2D eigenvalue weighted by Crippen LogP contribution is 2.03. The Hall–Kier alpha value is -1.07. The van der Waals surface area contributed by atoms with Crippen LogP contribution in [0.3, 0.4) is 0 Å². The van der Waals surface area contributed by atoms with Gasteiger partial charge < -0.3 is 5.73 Å². The van der Waals surface area contributed by atoms with Crippen molar-refractivity contribution < 1.29 is 0 Å². The summed E-state index contributed by atoms with van der Waals surface area (Å²) >= 11 is 3.04. The van der Waals surface area contributed by atoms with E-state index < -0.39 is 0 Å². The quantitative estimate of drug-likeness (QED) is 0.370. The van der Waals surface area contributed by atoms with E-state index in [1.165, 1.54) is 11.8 Å². The molecule has 1 rings (SSSR count). The van der Waals surface area contributed by atoms with Crippen LogP contribution in [0.15, 0.2) is 39.7 Å². The molecule has 0 spiro atoms. The molecule has 1 heterocycles. The molecule has 0 saturated heterocycles. The van der Waals surface area contributed by atoms with Crippen molar-refractivity contribution in [1.82, 2.24) is 0 Å². The van der Waals surface area contributed by atoms with E-state index in [9.17, 15) is 0 Å². The molecule has 5 heteroatoms. The molecular weight excluding hydrogens is 214 g/mol. The van der Waals surface area contributed by atoms with Crippen LogP contribution in [0.4, 0.5) is 0 Å². The van der Waals surface area contributed by atoms with Crippen LogP contribution >= 0.6 is 23.1 Å². The molecule has 0 atom stereocenters. The second kappa shape index (κ2) is 6.39. The molecule has 0 amide bonds. The Kier molecular flexibility index (Phi) is 5.03. The third kappa shape index (κ3) is 4.25. The molecule has 3 nitrogen and oxygen atoms in total. The molecule has 0 aliphatic heterocycles. The van der Waals surface area contributed by atoms with Gasteiger partial charge in [-0.3, -0.25) is 0 Å². The molecule has 0 aliphatic carbocycles. The van der Waals surface area contributed by atoms with Crippen molar-refractivity contribution in [3.05, 3.63) is 35.0 Å². The van der Waals surface area contributed by atoms with E-state index in [0.717, 1.165) is 11.3 Å². The Bertz CT molecular complexity index is 328. The third-order valence-corrected chi connectivity index (χ3v) is 2.74. The molecule has 0 saturated carbocycles. The van der Waals surface area contributed by atoms with Gasteiger partial charge in [-0.05, 0) is 16.8 Å². The highest BCUT2D eigenvalue weighted by molar-refractivity contribution is 8.13. The summed E-state index contributed by atoms with van der Waals surface area (Å²) in [4.78, 5) is 0. The Labute approximate surface area is 91.4 Å². The molecule has 0 aromatic carbocycles. The third-order valence-electron chi connectivity index (χ3n) is 1.26. The van der Waals surface area contributed by atoms with Crippen molar-refractivity contribution in [3.63, 3.8) is 0 Å². The van der Waals surface area contributed by atoms with Crippen LogP contribution < -0.4 is 5.73 Å². The van der Waals surface area contributed by atoms with E-state index in [1.807, 2.05) is 16.8 Å². The highest BCUT2D eigenvalue weighted by Gasteiger charge is 1.89. The van der Waals surface area contributed by atoms with Crippen LogP contribution in [-0.2, 0) is 0 Å². The number of nitrogens with zero attached hydrogens (tertiary/aromatic N) is 2. The smallest absolute Gasteiger partial charge is 0.180 e. The first-order chi connectivity index (χ1) is 6.83. The van der Waals surface area contributed by atoms with Crippen molar-refractivity contribution >= 4 is 34.5 Å². The first kappa shape index (κ1) is 11.0. The van der Waals surface area contributed by atoms with E-state index in [2.05, 4.69) is 16.8 Å². The van der Waals surface area contributed by atoms with Gasteiger partial charge in [0, 0.05) is 11.3 Å². The molecule has 0 unspecified atom stereocenters. The molecule has 74 valence electrons. The lowest BCUT2D eigenvalue weighted by atomic mass is 10.4. The summed E-state index contributed by atoms with van der Waals surface area (Å²) in [5, 5.41) is 12.1. The number of thiophene rings is 1. The normalized spacial score (nSPS) is 12.1. The molecule has 14 heavy (non-hydrogen) atoms. The van der Waals surface area contributed by atoms with Gasteiger partial charge in [-0.1, -0.05) is 17.8 Å². The standard InChI is InChI=1S/C9H11N3S2/c1-2-4-14-9(10)12-11-6-8-3-5-13-7-8/h2-3,5-7H,1,4H2,(H2,10,12)/b11-6-. The number of rotatable bonds is 4. The van der Waals surface area contributed by atoms with Gasteiger partial charge in [0.1, 0.15) is 0 Å². The lowest BCUT2D eigenvalue weighted by Gasteiger charge is -1.91. The summed E-state index contributed by atoms with van der Waals surface area (Å²) in [6, 6.07) is 1.97. The average Bonchev–Trinajstić information content (AvgIpc) is 2.67. The minimum absolute atomic E-state index is 0.455. The zero-order chi connectivity index (χ0) is 10.2. The largest absolute Gasteiger partial charge is 0.377 e. The van der Waals surface area contributed by atoms with Gasteiger partial charge in [0.05, 0.1) is 6.21 Å². The van der Waals surface area contributed by atoms with Crippen LogP contribution in [0, 0.1) is 0 Å². The number of nitrogens with two attached hydrogens (primary N) is 1. The Morgan fingerprint density at radius 3 is 3.21 bits per heavy atom. The van der Waals surface area contributed by atoms with Gasteiger partial charge in [0.15, 0.2) is 5.17 Å². The van der Waals surface area contributed by atoms with Crippen LogP contribution in [0.25, 0.3) is 0 Å². The monoisotopic (exact) mass is 225 g/mol. The predicted molar refractivity (Wildman–Crippen MR) is 66.2 cm³/mol. The summed E-state index contributed by atoms with van der Waals surface area (Å²) in [6.07, 6.45) is 3.45. The first-order valence-corrected chi connectivity index (χ1v) is 5.88. The van der Waals surface area contributed by atoms with E-state index in [1.54, 1.807) is 23.6 Å². The molecule has 0 bridgehead atoms. The number of thioether (sulfide) groups is 1. The van der Waals surface area contributed by atoms with Crippen LogP contribution in [0.2, 0.25) is 0 Å². The van der Waals surface area contributed by atoms with Gasteiger partial charge >= 0.3 is 0 Å². The average molecular weight is 225 g/mol. The lowest BCUT2D eigenvalue weighted by molar-refractivity contribution is 1.25. The minimum atomic E-state index is 0.455.